The fourth-order valence-electron chi connectivity index (χ4n) is 5.84. The Labute approximate surface area is 223 Å². The maximum absolute atomic E-state index is 13.3. The van der Waals surface area contributed by atoms with E-state index in [9.17, 15) is 24.0 Å². The first-order chi connectivity index (χ1) is 18.2. The number of piperidine rings is 2. The van der Waals surface area contributed by atoms with E-state index >= 15 is 0 Å². The summed E-state index contributed by atoms with van der Waals surface area (Å²) in [5, 5.41) is 3.79. The molecule has 0 aliphatic carbocycles. The van der Waals surface area contributed by atoms with Crippen LogP contribution in [0.4, 0.5) is 0 Å². The standard InChI is InChI=1S/C28H25ClN4O5/c1-14-18-5-3-17(29)13-21(18)30-24(14)28(38)32-10-8-15(9-11-32)16-2-4-19-20(12-16)27(37)33(26(19)36)22-6-7-23(34)31-25(22)35/h2-5,12-13,15,22,30H,6-11H2,1H3,(H,31,34,35). The predicted molar refractivity (Wildman–Crippen MR) is 139 cm³/mol. The van der Waals surface area contributed by atoms with E-state index in [0.717, 1.165) is 26.9 Å². The van der Waals surface area contributed by atoms with E-state index in [2.05, 4.69) is 10.3 Å². The lowest BCUT2D eigenvalue weighted by Gasteiger charge is -2.32. The number of nitrogens with zero attached hydrogens (tertiary/aromatic N) is 2. The van der Waals surface area contributed by atoms with Crippen molar-refractivity contribution in [1.29, 1.82) is 0 Å². The number of likely N-dealkylation sites (tertiary alicyclic amines) is 1. The van der Waals surface area contributed by atoms with Crippen molar-refractivity contribution in [1.82, 2.24) is 20.1 Å². The largest absolute Gasteiger partial charge is 0.350 e. The Kier molecular flexibility index (Phi) is 5.83. The number of aromatic nitrogens is 1. The molecular weight excluding hydrogens is 508 g/mol. The maximum Gasteiger partial charge on any atom is 0.270 e. The van der Waals surface area contributed by atoms with Crippen molar-refractivity contribution in [2.24, 2.45) is 0 Å². The summed E-state index contributed by atoms with van der Waals surface area (Å²) >= 11 is 6.11. The van der Waals surface area contributed by atoms with Crippen molar-refractivity contribution in [3.63, 3.8) is 0 Å². The smallest absolute Gasteiger partial charge is 0.270 e. The van der Waals surface area contributed by atoms with Gasteiger partial charge < -0.3 is 9.88 Å². The fraction of sp³-hybridized carbons (Fsp3) is 0.321. The second-order valence-electron chi connectivity index (χ2n) is 10.1. The molecule has 0 spiro atoms. The molecule has 6 rings (SSSR count). The number of amides is 5. The van der Waals surface area contributed by atoms with Gasteiger partial charge in [0.15, 0.2) is 0 Å². The normalized spacial score (nSPS) is 20.3. The molecule has 3 aromatic rings. The van der Waals surface area contributed by atoms with Crippen LogP contribution in [-0.2, 0) is 9.59 Å². The van der Waals surface area contributed by atoms with Crippen LogP contribution in [0.15, 0.2) is 36.4 Å². The molecular formula is C28H25ClN4O5. The number of H-pyrrole nitrogens is 1. The molecule has 2 N–H and O–H groups in total. The third-order valence-corrected chi connectivity index (χ3v) is 8.19. The molecule has 2 saturated heterocycles. The van der Waals surface area contributed by atoms with Gasteiger partial charge in [-0.3, -0.25) is 34.2 Å². The number of rotatable bonds is 3. The van der Waals surface area contributed by atoms with E-state index in [0.29, 0.717) is 36.6 Å². The van der Waals surface area contributed by atoms with E-state index < -0.39 is 29.7 Å². The molecule has 5 amide bonds. The van der Waals surface area contributed by atoms with Crippen molar-refractivity contribution in [3.05, 3.63) is 69.4 Å². The molecule has 3 aliphatic rings. The minimum atomic E-state index is -0.984. The molecule has 10 heteroatoms. The third kappa shape index (κ3) is 3.89. The van der Waals surface area contributed by atoms with Crippen LogP contribution >= 0.6 is 11.6 Å². The molecule has 1 atom stereocenters. The van der Waals surface area contributed by atoms with Gasteiger partial charge in [-0.25, -0.2) is 0 Å². The Balaban J connectivity index is 1.16. The number of hydrogen-bond acceptors (Lipinski definition) is 5. The van der Waals surface area contributed by atoms with Gasteiger partial charge in [0.1, 0.15) is 11.7 Å². The molecule has 38 heavy (non-hydrogen) atoms. The number of nitrogens with one attached hydrogen (secondary N) is 2. The van der Waals surface area contributed by atoms with Gasteiger partial charge in [-0.1, -0.05) is 23.7 Å². The Hall–Kier alpha value is -3.98. The summed E-state index contributed by atoms with van der Waals surface area (Å²) in [7, 11) is 0. The lowest BCUT2D eigenvalue weighted by molar-refractivity contribution is -0.136. The molecule has 0 radical (unpaired) electrons. The highest BCUT2D eigenvalue weighted by molar-refractivity contribution is 6.31. The van der Waals surface area contributed by atoms with E-state index in [1.807, 2.05) is 36.1 Å². The van der Waals surface area contributed by atoms with Crippen LogP contribution in [0.25, 0.3) is 10.9 Å². The van der Waals surface area contributed by atoms with Crippen molar-refractivity contribution in [2.75, 3.05) is 13.1 Å². The van der Waals surface area contributed by atoms with Gasteiger partial charge in [0.2, 0.25) is 11.8 Å². The first kappa shape index (κ1) is 24.4. The van der Waals surface area contributed by atoms with Crippen LogP contribution < -0.4 is 5.32 Å². The highest BCUT2D eigenvalue weighted by atomic mass is 35.5. The highest BCUT2D eigenvalue weighted by Crippen LogP contribution is 2.34. The number of carbonyl (C=O) groups is 5. The number of imide groups is 2. The first-order valence-corrected chi connectivity index (χ1v) is 13.0. The zero-order valence-electron chi connectivity index (χ0n) is 20.7. The molecule has 1 aromatic heterocycles. The van der Waals surface area contributed by atoms with Crippen LogP contribution in [0.1, 0.15) is 73.9 Å². The summed E-state index contributed by atoms with van der Waals surface area (Å²) in [5.74, 6) is -1.98. The molecule has 9 nitrogen and oxygen atoms in total. The van der Waals surface area contributed by atoms with Crippen molar-refractivity contribution >= 4 is 52.0 Å². The number of fused-ring (bicyclic) bond motifs is 2. The van der Waals surface area contributed by atoms with Crippen LogP contribution in [0, 0.1) is 6.92 Å². The van der Waals surface area contributed by atoms with Gasteiger partial charge in [-0.2, -0.15) is 0 Å². The quantitative estimate of drug-likeness (QED) is 0.500. The van der Waals surface area contributed by atoms with Crippen molar-refractivity contribution < 1.29 is 24.0 Å². The third-order valence-electron chi connectivity index (χ3n) is 7.95. The second kappa shape index (κ2) is 9.09. The average molecular weight is 533 g/mol. The Morgan fingerprint density at radius 3 is 2.42 bits per heavy atom. The molecule has 194 valence electrons. The summed E-state index contributed by atoms with van der Waals surface area (Å²) in [6.07, 6.45) is 1.64. The Bertz CT molecular complexity index is 1550. The van der Waals surface area contributed by atoms with E-state index in [1.165, 1.54) is 0 Å². The van der Waals surface area contributed by atoms with Gasteiger partial charge in [0.25, 0.3) is 17.7 Å². The lowest BCUT2D eigenvalue weighted by Crippen LogP contribution is -2.54. The number of hydrogen-bond donors (Lipinski definition) is 2. The van der Waals surface area contributed by atoms with E-state index in [4.69, 9.17) is 11.6 Å². The summed E-state index contributed by atoms with van der Waals surface area (Å²) in [5.41, 5.74) is 3.77. The highest BCUT2D eigenvalue weighted by Gasteiger charge is 2.44. The Morgan fingerprint density at radius 1 is 0.947 bits per heavy atom. The number of aryl methyl sites for hydroxylation is 1. The van der Waals surface area contributed by atoms with Crippen LogP contribution in [0.3, 0.4) is 0 Å². The minimum absolute atomic E-state index is 0.0529. The van der Waals surface area contributed by atoms with Gasteiger partial charge >= 0.3 is 0 Å². The maximum atomic E-state index is 13.3. The van der Waals surface area contributed by atoms with Crippen molar-refractivity contribution in [2.45, 2.75) is 44.6 Å². The Morgan fingerprint density at radius 2 is 1.68 bits per heavy atom. The minimum Gasteiger partial charge on any atom is -0.350 e. The first-order valence-electron chi connectivity index (χ1n) is 12.7. The number of aromatic amines is 1. The summed E-state index contributed by atoms with van der Waals surface area (Å²) in [6.45, 7) is 3.05. The molecule has 3 aliphatic heterocycles. The molecule has 0 saturated carbocycles. The number of carbonyl (C=O) groups excluding carboxylic acids is 5. The van der Waals surface area contributed by atoms with Gasteiger partial charge in [0, 0.05) is 35.4 Å². The van der Waals surface area contributed by atoms with E-state index in [-0.39, 0.29) is 35.8 Å². The SMILES string of the molecule is Cc1c(C(=O)N2CCC(c3ccc4c(c3)C(=O)N(C3CCC(=O)NC3=O)C4=O)CC2)[nH]c2cc(Cl)ccc12. The van der Waals surface area contributed by atoms with Gasteiger partial charge in [-0.05, 0) is 67.5 Å². The van der Waals surface area contributed by atoms with Crippen LogP contribution in [0.5, 0.6) is 0 Å². The zero-order valence-corrected chi connectivity index (χ0v) is 21.4. The molecule has 2 aromatic carbocycles. The van der Waals surface area contributed by atoms with Gasteiger partial charge in [-0.15, -0.1) is 0 Å². The molecule has 0 bridgehead atoms. The molecule has 1 unspecified atom stereocenters. The number of halogens is 1. The molecule has 4 heterocycles. The van der Waals surface area contributed by atoms with Crippen LogP contribution in [0.2, 0.25) is 5.02 Å². The van der Waals surface area contributed by atoms with Crippen LogP contribution in [-0.4, -0.2) is 63.5 Å². The monoisotopic (exact) mass is 532 g/mol. The average Bonchev–Trinajstić information content (AvgIpc) is 3.36. The molecule has 2 fully saturated rings. The summed E-state index contributed by atoms with van der Waals surface area (Å²) in [4.78, 5) is 69.3. The van der Waals surface area contributed by atoms with Gasteiger partial charge in [0.05, 0.1) is 11.1 Å². The summed E-state index contributed by atoms with van der Waals surface area (Å²) in [6, 6.07) is 9.79. The second-order valence-corrected chi connectivity index (χ2v) is 10.6. The van der Waals surface area contributed by atoms with Crippen molar-refractivity contribution in [3.8, 4) is 0 Å². The predicted octanol–water partition coefficient (Wildman–Crippen LogP) is 3.55. The fourth-order valence-corrected chi connectivity index (χ4v) is 6.01. The zero-order chi connectivity index (χ0) is 26.7. The van der Waals surface area contributed by atoms with E-state index in [1.54, 1.807) is 12.1 Å². The lowest BCUT2D eigenvalue weighted by atomic mass is 9.87. The topological polar surface area (TPSA) is 120 Å². The summed E-state index contributed by atoms with van der Waals surface area (Å²) < 4.78 is 0. The number of benzene rings is 2.